The summed E-state index contributed by atoms with van der Waals surface area (Å²) in [7, 11) is 0. The van der Waals surface area contributed by atoms with Crippen LogP contribution in [0.4, 0.5) is 10.2 Å². The van der Waals surface area contributed by atoms with Crippen molar-refractivity contribution in [3.05, 3.63) is 62.8 Å². The quantitative estimate of drug-likeness (QED) is 0.615. The first-order valence-electron chi connectivity index (χ1n) is 9.14. The van der Waals surface area contributed by atoms with Crippen LogP contribution in [0.2, 0.25) is 0 Å². The van der Waals surface area contributed by atoms with Gasteiger partial charge in [0.2, 0.25) is 0 Å². The number of allylic oxidation sites excluding steroid dienone is 2. The number of anilines is 1. The molecule has 7 heteroatoms. The molecule has 0 bridgehead atoms. The molecule has 0 spiro atoms. The Morgan fingerprint density at radius 2 is 2.15 bits per heavy atom. The summed E-state index contributed by atoms with van der Waals surface area (Å²) in [5.41, 5.74) is 2.07. The smallest absolute Gasteiger partial charge is 0.257 e. The van der Waals surface area contributed by atoms with Gasteiger partial charge in [0.1, 0.15) is 11.6 Å². The largest absolute Gasteiger partial charge is 0.343 e. The molecule has 0 fully saturated rings. The summed E-state index contributed by atoms with van der Waals surface area (Å²) in [5.74, 6) is 0.341. The van der Waals surface area contributed by atoms with E-state index in [0.717, 1.165) is 30.7 Å². The Morgan fingerprint density at radius 3 is 2.93 bits per heavy atom. The summed E-state index contributed by atoms with van der Waals surface area (Å²) in [6.45, 7) is 2.06. The van der Waals surface area contributed by atoms with E-state index in [1.807, 2.05) is 0 Å². The van der Waals surface area contributed by atoms with E-state index < -0.39 is 11.7 Å². The van der Waals surface area contributed by atoms with Crippen molar-refractivity contribution in [3.63, 3.8) is 0 Å². The number of ketones is 1. The molecule has 5 nitrogen and oxygen atoms in total. The van der Waals surface area contributed by atoms with E-state index in [0.29, 0.717) is 34.1 Å². The zero-order valence-electron chi connectivity index (χ0n) is 15.0. The number of carbonyl (C=O) groups excluding carboxylic acids is 1. The van der Waals surface area contributed by atoms with Crippen LogP contribution in [0, 0.1) is 5.82 Å². The van der Waals surface area contributed by atoms with Crippen LogP contribution in [0.15, 0.2) is 45.5 Å². The number of aromatic nitrogens is 2. The van der Waals surface area contributed by atoms with Crippen molar-refractivity contribution in [1.29, 1.82) is 0 Å². The molecule has 1 aliphatic carbocycles. The number of thioether (sulfide) groups is 1. The fourth-order valence-electron chi connectivity index (χ4n) is 3.73. The number of benzene rings is 1. The lowest BCUT2D eigenvalue weighted by Gasteiger charge is -2.32. The first-order chi connectivity index (χ1) is 13.1. The molecular formula is C20H20FN3O2S. The molecule has 0 radical (unpaired) electrons. The molecule has 0 saturated carbocycles. The minimum atomic E-state index is -0.596. The average molecular weight is 385 g/mol. The van der Waals surface area contributed by atoms with E-state index >= 15 is 0 Å². The van der Waals surface area contributed by atoms with E-state index in [1.54, 1.807) is 12.1 Å². The maximum absolute atomic E-state index is 13.9. The van der Waals surface area contributed by atoms with E-state index in [9.17, 15) is 14.0 Å². The van der Waals surface area contributed by atoms with E-state index in [4.69, 9.17) is 0 Å². The van der Waals surface area contributed by atoms with Crippen molar-refractivity contribution in [2.45, 2.75) is 43.7 Å². The highest BCUT2D eigenvalue weighted by Crippen LogP contribution is 2.43. The highest BCUT2D eigenvalue weighted by atomic mass is 32.2. The minimum absolute atomic E-state index is 0.00694. The molecule has 1 atom stereocenters. The van der Waals surface area contributed by atoms with Gasteiger partial charge in [0, 0.05) is 29.4 Å². The van der Waals surface area contributed by atoms with Crippen molar-refractivity contribution in [2.75, 3.05) is 11.1 Å². The second-order valence-electron chi connectivity index (χ2n) is 6.76. The summed E-state index contributed by atoms with van der Waals surface area (Å²) in [5, 5.41) is 3.77. The predicted molar refractivity (Wildman–Crippen MR) is 104 cm³/mol. The van der Waals surface area contributed by atoms with Gasteiger partial charge in [0.25, 0.3) is 5.56 Å². The molecule has 140 valence electrons. The van der Waals surface area contributed by atoms with Gasteiger partial charge >= 0.3 is 0 Å². The van der Waals surface area contributed by atoms with Crippen molar-refractivity contribution < 1.29 is 9.18 Å². The van der Waals surface area contributed by atoms with Gasteiger partial charge in [-0.2, -0.15) is 0 Å². The van der Waals surface area contributed by atoms with Gasteiger partial charge in [0.15, 0.2) is 10.9 Å². The third-order valence-corrected chi connectivity index (χ3v) is 5.94. The second kappa shape index (κ2) is 7.31. The van der Waals surface area contributed by atoms with Crippen LogP contribution in [0.3, 0.4) is 0 Å². The maximum atomic E-state index is 13.9. The van der Waals surface area contributed by atoms with Crippen molar-refractivity contribution in [2.24, 2.45) is 0 Å². The summed E-state index contributed by atoms with van der Waals surface area (Å²) in [4.78, 5) is 33.0. The van der Waals surface area contributed by atoms with Crippen LogP contribution < -0.4 is 10.9 Å². The summed E-state index contributed by atoms with van der Waals surface area (Å²) in [6.07, 6.45) is 2.89. The number of rotatable bonds is 4. The van der Waals surface area contributed by atoms with Crippen LogP contribution in [-0.2, 0) is 4.79 Å². The summed E-state index contributed by atoms with van der Waals surface area (Å²) < 4.78 is 13.9. The first-order valence-corrected chi connectivity index (χ1v) is 10.1. The maximum Gasteiger partial charge on any atom is 0.257 e. The number of fused-ring (bicyclic) bond motifs is 1. The molecule has 1 aromatic carbocycles. The van der Waals surface area contributed by atoms with Gasteiger partial charge in [0.05, 0.1) is 5.56 Å². The molecule has 0 saturated heterocycles. The molecule has 4 rings (SSSR count). The van der Waals surface area contributed by atoms with Crippen LogP contribution in [-0.4, -0.2) is 21.5 Å². The normalized spacial score (nSPS) is 18.7. The number of aromatic amines is 1. The molecule has 1 aliphatic heterocycles. The Kier molecular flexibility index (Phi) is 4.86. The first kappa shape index (κ1) is 18.0. The fourth-order valence-corrected chi connectivity index (χ4v) is 4.45. The molecule has 27 heavy (non-hydrogen) atoms. The van der Waals surface area contributed by atoms with Gasteiger partial charge in [-0.25, -0.2) is 9.37 Å². The highest BCUT2D eigenvalue weighted by molar-refractivity contribution is 7.99. The number of halogens is 1. The number of nitrogens with zero attached hydrogens (tertiary/aromatic N) is 1. The van der Waals surface area contributed by atoms with E-state index in [2.05, 4.69) is 22.2 Å². The SMILES string of the molecule is CCCSc1nc2c(c(=O)[nH]1)C(c1cccc(F)c1)C1=C(CCCC1=O)N2. The van der Waals surface area contributed by atoms with Crippen molar-refractivity contribution in [1.82, 2.24) is 9.97 Å². The third-order valence-electron chi connectivity index (χ3n) is 4.86. The minimum Gasteiger partial charge on any atom is -0.343 e. The standard InChI is InChI=1S/C20H20FN3O2S/c1-2-9-27-20-23-18-17(19(26)24-20)15(11-5-3-6-12(21)10-11)16-13(22-18)7-4-8-14(16)25/h3,5-6,10,15H,2,4,7-9H2,1H3,(H2,22,23,24,26). The van der Waals surface area contributed by atoms with Gasteiger partial charge in [-0.3, -0.25) is 9.59 Å². The zero-order valence-corrected chi connectivity index (χ0v) is 15.8. The number of hydrogen-bond acceptors (Lipinski definition) is 5. The van der Waals surface area contributed by atoms with Gasteiger partial charge in [-0.1, -0.05) is 30.8 Å². The Hall–Kier alpha value is -2.41. The number of Topliss-reactive ketones (excluding diaryl/α,β-unsaturated/α-hetero) is 1. The van der Waals surface area contributed by atoms with Crippen LogP contribution in [0.5, 0.6) is 0 Å². The Balaban J connectivity index is 1.91. The number of carbonyl (C=O) groups is 1. The molecule has 0 amide bonds. The van der Waals surface area contributed by atoms with Gasteiger partial charge in [-0.05, 0) is 37.0 Å². The fraction of sp³-hybridized carbons (Fsp3) is 0.350. The lowest BCUT2D eigenvalue weighted by Crippen LogP contribution is -2.32. The highest BCUT2D eigenvalue weighted by Gasteiger charge is 2.37. The molecule has 1 aromatic heterocycles. The Bertz CT molecular complexity index is 999. The van der Waals surface area contributed by atoms with Crippen LogP contribution in [0.25, 0.3) is 0 Å². The molecule has 2 heterocycles. The van der Waals surface area contributed by atoms with Crippen LogP contribution in [0.1, 0.15) is 49.7 Å². The molecule has 2 aliphatic rings. The van der Waals surface area contributed by atoms with Crippen LogP contribution >= 0.6 is 11.8 Å². The number of H-pyrrole nitrogens is 1. The molecule has 2 aromatic rings. The molecular weight excluding hydrogens is 365 g/mol. The van der Waals surface area contributed by atoms with E-state index in [1.165, 1.54) is 23.9 Å². The zero-order chi connectivity index (χ0) is 19.0. The van der Waals surface area contributed by atoms with Crippen molar-refractivity contribution >= 4 is 23.4 Å². The Labute approximate surface area is 160 Å². The number of nitrogens with one attached hydrogen (secondary N) is 2. The second-order valence-corrected chi connectivity index (χ2v) is 7.85. The average Bonchev–Trinajstić information content (AvgIpc) is 2.65. The van der Waals surface area contributed by atoms with Gasteiger partial charge < -0.3 is 10.3 Å². The van der Waals surface area contributed by atoms with Gasteiger partial charge in [-0.15, -0.1) is 0 Å². The predicted octanol–water partition coefficient (Wildman–Crippen LogP) is 3.98. The Morgan fingerprint density at radius 1 is 1.30 bits per heavy atom. The number of hydrogen-bond donors (Lipinski definition) is 2. The van der Waals surface area contributed by atoms with E-state index in [-0.39, 0.29) is 11.3 Å². The summed E-state index contributed by atoms with van der Waals surface area (Å²) >= 11 is 1.49. The lowest BCUT2D eigenvalue weighted by molar-refractivity contribution is -0.116. The third kappa shape index (κ3) is 3.32. The molecule has 1 unspecified atom stereocenters. The topological polar surface area (TPSA) is 74.8 Å². The van der Waals surface area contributed by atoms with Crippen molar-refractivity contribution in [3.8, 4) is 0 Å². The lowest BCUT2D eigenvalue weighted by atomic mass is 9.76. The monoisotopic (exact) mass is 385 g/mol. The summed E-state index contributed by atoms with van der Waals surface area (Å²) in [6, 6.07) is 6.11. The molecule has 2 N–H and O–H groups in total.